The molecule has 0 aliphatic carbocycles. The van der Waals surface area contributed by atoms with Gasteiger partial charge in [0.15, 0.2) is 0 Å². The average molecular weight is 260 g/mol. The average Bonchev–Trinajstić information content (AvgIpc) is 2.40. The maximum absolute atomic E-state index is 3.82. The van der Waals surface area contributed by atoms with Crippen molar-refractivity contribution < 1.29 is 4.48 Å². The second-order valence-electron chi connectivity index (χ2n) is 5.62. The first-order chi connectivity index (χ1) is 9.19. The molecule has 19 heavy (non-hydrogen) atoms. The highest BCUT2D eigenvalue weighted by molar-refractivity contribution is 5.47. The van der Waals surface area contributed by atoms with Crippen LogP contribution in [-0.4, -0.2) is 24.1 Å². The van der Waals surface area contributed by atoms with Gasteiger partial charge in [-0.15, -0.1) is 0 Å². The van der Waals surface area contributed by atoms with E-state index in [1.807, 2.05) is 6.08 Å². The van der Waals surface area contributed by atoms with E-state index in [-0.39, 0.29) is 0 Å². The van der Waals surface area contributed by atoms with Gasteiger partial charge in [0.25, 0.3) is 0 Å². The van der Waals surface area contributed by atoms with Crippen LogP contribution in [0.25, 0.3) is 6.08 Å². The van der Waals surface area contributed by atoms with E-state index >= 15 is 0 Å². The van der Waals surface area contributed by atoms with Gasteiger partial charge in [-0.2, -0.15) is 0 Å². The Labute approximate surface area is 119 Å². The van der Waals surface area contributed by atoms with Crippen LogP contribution in [0.4, 0.5) is 0 Å². The molecule has 1 nitrogen and oxygen atoms in total. The fourth-order valence-corrected chi connectivity index (χ4v) is 3.14. The summed E-state index contributed by atoms with van der Waals surface area (Å²) in [5.74, 6) is 0. The molecule has 0 bridgehead atoms. The maximum Gasteiger partial charge on any atom is 0.104 e. The Kier molecular flexibility index (Phi) is 6.86. The highest BCUT2D eigenvalue weighted by atomic mass is 15.3. The third kappa shape index (κ3) is 4.83. The van der Waals surface area contributed by atoms with E-state index in [2.05, 4.69) is 51.6 Å². The van der Waals surface area contributed by atoms with Gasteiger partial charge in [0.2, 0.25) is 0 Å². The number of hydrogen-bond acceptors (Lipinski definition) is 0. The molecule has 0 aliphatic rings. The molecule has 0 N–H and O–H groups in total. The molecule has 0 aliphatic heterocycles. The molecular weight excluding hydrogens is 230 g/mol. The molecule has 0 saturated carbocycles. The lowest BCUT2D eigenvalue weighted by Gasteiger charge is -2.38. The number of hydrogen-bond donors (Lipinski definition) is 0. The van der Waals surface area contributed by atoms with Crippen LogP contribution in [-0.2, 0) is 6.54 Å². The summed E-state index contributed by atoms with van der Waals surface area (Å²) in [6.07, 6.45) is 5.72. The van der Waals surface area contributed by atoms with Crippen LogP contribution in [0, 0.1) is 0 Å². The predicted molar refractivity (Wildman–Crippen MR) is 86.0 cm³/mol. The van der Waals surface area contributed by atoms with E-state index in [4.69, 9.17) is 0 Å². The van der Waals surface area contributed by atoms with Crippen LogP contribution in [0.1, 0.15) is 51.2 Å². The van der Waals surface area contributed by atoms with E-state index in [0.29, 0.717) is 0 Å². The maximum atomic E-state index is 3.82. The molecule has 1 heteroatoms. The van der Waals surface area contributed by atoms with Crippen molar-refractivity contribution in [3.8, 4) is 0 Å². The molecule has 0 saturated heterocycles. The van der Waals surface area contributed by atoms with Crippen molar-refractivity contribution in [1.82, 2.24) is 0 Å². The molecule has 0 unspecified atom stereocenters. The van der Waals surface area contributed by atoms with Crippen LogP contribution < -0.4 is 0 Å². The van der Waals surface area contributed by atoms with Crippen LogP contribution in [0.5, 0.6) is 0 Å². The molecule has 0 atom stereocenters. The first kappa shape index (κ1) is 16.0. The smallest absolute Gasteiger partial charge is 0.104 e. The Morgan fingerprint density at radius 2 is 1.37 bits per heavy atom. The second kappa shape index (κ2) is 8.16. The summed E-state index contributed by atoms with van der Waals surface area (Å²) in [7, 11) is 0. The lowest BCUT2D eigenvalue weighted by atomic mass is 10.1. The minimum Gasteiger partial charge on any atom is -0.320 e. The minimum absolute atomic E-state index is 1.17. The molecule has 0 heterocycles. The summed E-state index contributed by atoms with van der Waals surface area (Å²) in [5.41, 5.74) is 2.67. The summed E-state index contributed by atoms with van der Waals surface area (Å²) in [6, 6.07) is 8.90. The largest absolute Gasteiger partial charge is 0.320 e. The van der Waals surface area contributed by atoms with Crippen molar-refractivity contribution in [3.05, 3.63) is 42.0 Å². The van der Waals surface area contributed by atoms with Gasteiger partial charge < -0.3 is 4.48 Å². The number of quaternary nitrogens is 1. The monoisotopic (exact) mass is 260 g/mol. The van der Waals surface area contributed by atoms with Gasteiger partial charge in [0.05, 0.1) is 19.6 Å². The zero-order valence-electron chi connectivity index (χ0n) is 13.0. The Bertz CT molecular complexity index is 347. The van der Waals surface area contributed by atoms with Gasteiger partial charge in [0.1, 0.15) is 6.54 Å². The van der Waals surface area contributed by atoms with E-state index < -0.39 is 0 Å². The molecule has 0 aromatic heterocycles. The summed E-state index contributed by atoms with van der Waals surface area (Å²) in [4.78, 5) is 0. The van der Waals surface area contributed by atoms with Crippen LogP contribution in [0.15, 0.2) is 30.8 Å². The molecule has 1 rings (SSSR count). The fourth-order valence-electron chi connectivity index (χ4n) is 3.14. The summed E-state index contributed by atoms with van der Waals surface area (Å²) in [5, 5.41) is 0. The number of rotatable bonds is 9. The van der Waals surface area contributed by atoms with E-state index in [1.165, 1.54) is 61.1 Å². The first-order valence-electron chi connectivity index (χ1n) is 7.76. The zero-order chi connectivity index (χ0) is 14.1. The highest BCUT2D eigenvalue weighted by Crippen LogP contribution is 2.18. The molecule has 0 fully saturated rings. The molecule has 1 aromatic carbocycles. The lowest BCUT2D eigenvalue weighted by Crippen LogP contribution is -2.48. The normalized spacial score (nSPS) is 11.5. The van der Waals surface area contributed by atoms with Crippen molar-refractivity contribution in [1.29, 1.82) is 0 Å². The van der Waals surface area contributed by atoms with E-state index in [9.17, 15) is 0 Å². The second-order valence-corrected chi connectivity index (χ2v) is 5.62. The summed E-state index contributed by atoms with van der Waals surface area (Å²) < 4.78 is 1.25. The first-order valence-corrected chi connectivity index (χ1v) is 7.76. The Balaban J connectivity index is 2.86. The van der Waals surface area contributed by atoms with Gasteiger partial charge in [-0.3, -0.25) is 0 Å². The minimum atomic E-state index is 1.17. The Morgan fingerprint density at radius 1 is 0.895 bits per heavy atom. The third-order valence-electron chi connectivity index (χ3n) is 3.83. The molecule has 1 aromatic rings. The summed E-state index contributed by atoms with van der Waals surface area (Å²) in [6.45, 7) is 15.8. The van der Waals surface area contributed by atoms with Crippen molar-refractivity contribution >= 4 is 6.08 Å². The standard InChI is InChI=1S/C18H30N/c1-5-13-19(14-6-2,15-7-3)16-18-11-9-17(8-4)10-12-18/h8-12H,4-7,13-16H2,1-3H3/q+1. The van der Waals surface area contributed by atoms with Crippen molar-refractivity contribution in [2.45, 2.75) is 46.6 Å². The highest BCUT2D eigenvalue weighted by Gasteiger charge is 2.24. The number of nitrogens with zero attached hydrogens (tertiary/aromatic N) is 1. The van der Waals surface area contributed by atoms with Gasteiger partial charge in [0, 0.05) is 5.56 Å². The van der Waals surface area contributed by atoms with Crippen molar-refractivity contribution in [2.24, 2.45) is 0 Å². The van der Waals surface area contributed by atoms with Gasteiger partial charge in [-0.1, -0.05) is 57.7 Å². The number of benzene rings is 1. The molecule has 0 radical (unpaired) electrons. The van der Waals surface area contributed by atoms with E-state index in [0.717, 1.165) is 0 Å². The molecule has 0 spiro atoms. The topological polar surface area (TPSA) is 0 Å². The van der Waals surface area contributed by atoms with Crippen LogP contribution >= 0.6 is 0 Å². The zero-order valence-corrected chi connectivity index (χ0v) is 13.0. The van der Waals surface area contributed by atoms with Crippen molar-refractivity contribution in [3.63, 3.8) is 0 Å². The SMILES string of the molecule is C=Cc1ccc(C[N+](CCC)(CCC)CCC)cc1. The third-order valence-corrected chi connectivity index (χ3v) is 3.83. The molecule has 106 valence electrons. The van der Waals surface area contributed by atoms with E-state index in [1.54, 1.807) is 0 Å². The van der Waals surface area contributed by atoms with Gasteiger partial charge in [-0.05, 0) is 24.8 Å². The Morgan fingerprint density at radius 3 is 1.74 bits per heavy atom. The van der Waals surface area contributed by atoms with Crippen molar-refractivity contribution in [2.75, 3.05) is 19.6 Å². The predicted octanol–water partition coefficient (Wildman–Crippen LogP) is 4.88. The lowest BCUT2D eigenvalue weighted by molar-refractivity contribution is -0.941. The van der Waals surface area contributed by atoms with Crippen LogP contribution in [0.2, 0.25) is 0 Å². The fraction of sp³-hybridized carbons (Fsp3) is 0.556. The molecule has 0 amide bonds. The van der Waals surface area contributed by atoms with Crippen LogP contribution in [0.3, 0.4) is 0 Å². The van der Waals surface area contributed by atoms with Gasteiger partial charge in [-0.25, -0.2) is 0 Å². The van der Waals surface area contributed by atoms with Gasteiger partial charge >= 0.3 is 0 Å². The Hall–Kier alpha value is -1.08. The summed E-state index contributed by atoms with van der Waals surface area (Å²) >= 11 is 0. The molecular formula is C18H30N+. The quantitative estimate of drug-likeness (QED) is 0.555.